The second-order valence-corrected chi connectivity index (χ2v) is 6.52. The molecule has 3 rings (SSSR count). The normalized spacial score (nSPS) is 12.1. The Morgan fingerprint density at radius 3 is 2.38 bits per heavy atom. The Bertz CT molecular complexity index is 941. The Kier molecular flexibility index (Phi) is 5.21. The van der Waals surface area contributed by atoms with E-state index in [1.165, 1.54) is 6.92 Å². The summed E-state index contributed by atoms with van der Waals surface area (Å²) in [6, 6.07) is 17.4. The highest BCUT2D eigenvalue weighted by Crippen LogP contribution is 2.31. The highest BCUT2D eigenvalue weighted by Gasteiger charge is 2.23. The molecule has 0 aliphatic rings. The summed E-state index contributed by atoms with van der Waals surface area (Å²) in [5.41, 5.74) is 3.40. The van der Waals surface area contributed by atoms with Crippen molar-refractivity contribution in [3.63, 3.8) is 0 Å². The van der Waals surface area contributed by atoms with E-state index in [4.69, 9.17) is 4.74 Å². The van der Waals surface area contributed by atoms with Crippen molar-refractivity contribution in [1.82, 2.24) is 4.57 Å². The molecule has 4 heteroatoms. The van der Waals surface area contributed by atoms with Gasteiger partial charge in [-0.15, -0.1) is 0 Å². The highest BCUT2D eigenvalue weighted by atomic mass is 16.5. The average Bonchev–Trinajstić information content (AvgIpc) is 2.93. The summed E-state index contributed by atoms with van der Waals surface area (Å²) in [4.78, 5) is 24.2. The molecule has 0 radical (unpaired) electrons. The van der Waals surface area contributed by atoms with Gasteiger partial charge in [0.1, 0.15) is 0 Å². The second-order valence-electron chi connectivity index (χ2n) is 6.52. The number of ketones is 1. The molecule has 0 saturated carbocycles. The first-order valence-corrected chi connectivity index (χ1v) is 8.83. The maximum absolute atomic E-state index is 13.1. The molecule has 26 heavy (non-hydrogen) atoms. The summed E-state index contributed by atoms with van der Waals surface area (Å²) >= 11 is 0. The van der Waals surface area contributed by atoms with Gasteiger partial charge in [-0.05, 0) is 19.9 Å². The molecule has 0 aliphatic heterocycles. The van der Waals surface area contributed by atoms with Crippen molar-refractivity contribution in [2.75, 3.05) is 6.61 Å². The molecule has 0 bridgehead atoms. The van der Waals surface area contributed by atoms with Gasteiger partial charge in [-0.3, -0.25) is 9.59 Å². The van der Waals surface area contributed by atoms with Crippen molar-refractivity contribution in [2.24, 2.45) is 0 Å². The Morgan fingerprint density at radius 1 is 1.04 bits per heavy atom. The van der Waals surface area contributed by atoms with Crippen LogP contribution in [0.1, 0.15) is 47.9 Å². The summed E-state index contributed by atoms with van der Waals surface area (Å²) < 4.78 is 7.27. The highest BCUT2D eigenvalue weighted by molar-refractivity contribution is 6.17. The summed E-state index contributed by atoms with van der Waals surface area (Å²) in [6.07, 6.45) is 0.693. The van der Waals surface area contributed by atoms with Crippen LogP contribution in [-0.2, 0) is 9.53 Å². The lowest BCUT2D eigenvalue weighted by molar-refractivity contribution is -0.141. The van der Waals surface area contributed by atoms with Crippen LogP contribution in [0.25, 0.3) is 10.9 Å². The van der Waals surface area contributed by atoms with Gasteiger partial charge in [0, 0.05) is 41.5 Å². The van der Waals surface area contributed by atoms with E-state index >= 15 is 0 Å². The van der Waals surface area contributed by atoms with Crippen LogP contribution in [0.5, 0.6) is 0 Å². The van der Waals surface area contributed by atoms with E-state index in [1.807, 2.05) is 61.5 Å². The molecule has 0 aliphatic carbocycles. The van der Waals surface area contributed by atoms with Gasteiger partial charge in [-0.2, -0.15) is 0 Å². The molecule has 1 heterocycles. The van der Waals surface area contributed by atoms with Crippen LogP contribution in [0, 0.1) is 6.92 Å². The number of hydrogen-bond donors (Lipinski definition) is 0. The summed E-state index contributed by atoms with van der Waals surface area (Å²) in [6.45, 7) is 5.85. The van der Waals surface area contributed by atoms with E-state index < -0.39 is 0 Å². The number of aromatic nitrogens is 1. The number of ether oxygens (including phenoxy) is 1. The van der Waals surface area contributed by atoms with E-state index in [1.54, 1.807) is 0 Å². The second kappa shape index (κ2) is 7.56. The number of esters is 1. The molecule has 0 amide bonds. The van der Waals surface area contributed by atoms with Crippen molar-refractivity contribution in [2.45, 2.75) is 33.2 Å². The first kappa shape index (κ1) is 17.9. The molecule has 1 unspecified atom stereocenters. The van der Waals surface area contributed by atoms with Gasteiger partial charge in [0.15, 0.2) is 5.78 Å². The Labute approximate surface area is 153 Å². The molecular weight excluding hydrogens is 326 g/mol. The zero-order chi connectivity index (χ0) is 18.7. The fraction of sp³-hybridized carbons (Fsp3) is 0.273. The number of nitrogens with zero attached hydrogens (tertiary/aromatic N) is 1. The number of benzene rings is 2. The van der Waals surface area contributed by atoms with Gasteiger partial charge in [-0.25, -0.2) is 0 Å². The van der Waals surface area contributed by atoms with Crippen molar-refractivity contribution in [3.05, 3.63) is 71.4 Å². The topological polar surface area (TPSA) is 48.3 Å². The lowest BCUT2D eigenvalue weighted by atomic mass is 10.0. The molecule has 3 aromatic rings. The van der Waals surface area contributed by atoms with Crippen LogP contribution < -0.4 is 0 Å². The number of para-hydroxylation sites is 1. The first-order valence-electron chi connectivity index (χ1n) is 8.83. The lowest BCUT2D eigenvalue weighted by Crippen LogP contribution is -2.12. The van der Waals surface area contributed by atoms with Crippen LogP contribution in [-0.4, -0.2) is 22.9 Å². The number of fused-ring (bicyclic) bond motifs is 1. The minimum absolute atomic E-state index is 0.0326. The Balaban J connectivity index is 2.04. The van der Waals surface area contributed by atoms with Gasteiger partial charge in [0.05, 0.1) is 12.2 Å². The fourth-order valence-corrected chi connectivity index (χ4v) is 3.48. The molecule has 0 N–H and O–H groups in total. The van der Waals surface area contributed by atoms with Crippen LogP contribution in [0.4, 0.5) is 0 Å². The first-order chi connectivity index (χ1) is 12.5. The Morgan fingerprint density at radius 2 is 1.69 bits per heavy atom. The number of rotatable bonds is 6. The molecule has 1 atom stereocenters. The smallest absolute Gasteiger partial charge is 0.302 e. The number of hydrogen-bond acceptors (Lipinski definition) is 3. The van der Waals surface area contributed by atoms with Crippen molar-refractivity contribution in [1.29, 1.82) is 0 Å². The van der Waals surface area contributed by atoms with Gasteiger partial charge in [0.25, 0.3) is 0 Å². The van der Waals surface area contributed by atoms with E-state index in [0.717, 1.165) is 22.2 Å². The van der Waals surface area contributed by atoms with Crippen LogP contribution in [0.2, 0.25) is 0 Å². The van der Waals surface area contributed by atoms with E-state index in [-0.39, 0.29) is 17.8 Å². The minimum atomic E-state index is -0.272. The SMILES string of the molecule is CC(=O)OCCC(C)n1c(C)c(C(=O)c2ccccc2)c2ccccc21. The number of carbonyl (C=O) groups excluding carboxylic acids is 2. The molecule has 2 aromatic carbocycles. The van der Waals surface area contributed by atoms with Crippen LogP contribution in [0.15, 0.2) is 54.6 Å². The predicted molar refractivity (Wildman–Crippen MR) is 103 cm³/mol. The van der Waals surface area contributed by atoms with Crippen LogP contribution in [0.3, 0.4) is 0 Å². The maximum Gasteiger partial charge on any atom is 0.302 e. The third-order valence-corrected chi connectivity index (χ3v) is 4.70. The Hall–Kier alpha value is -2.88. The van der Waals surface area contributed by atoms with Gasteiger partial charge < -0.3 is 9.30 Å². The van der Waals surface area contributed by atoms with Gasteiger partial charge >= 0.3 is 5.97 Å². The average molecular weight is 349 g/mol. The number of carbonyl (C=O) groups is 2. The molecule has 134 valence electrons. The summed E-state index contributed by atoms with van der Waals surface area (Å²) in [7, 11) is 0. The quantitative estimate of drug-likeness (QED) is 0.479. The van der Waals surface area contributed by atoms with E-state index in [0.29, 0.717) is 18.6 Å². The fourth-order valence-electron chi connectivity index (χ4n) is 3.48. The molecule has 0 fully saturated rings. The lowest BCUT2D eigenvalue weighted by Gasteiger charge is -2.17. The van der Waals surface area contributed by atoms with E-state index in [2.05, 4.69) is 11.5 Å². The molecular formula is C22H23NO3. The predicted octanol–water partition coefficient (Wildman–Crippen LogP) is 4.69. The van der Waals surface area contributed by atoms with Crippen molar-refractivity contribution >= 4 is 22.7 Å². The zero-order valence-electron chi connectivity index (χ0n) is 15.4. The summed E-state index contributed by atoms with van der Waals surface area (Å²) in [5, 5.41) is 0.957. The third-order valence-electron chi connectivity index (χ3n) is 4.70. The third kappa shape index (κ3) is 3.40. The van der Waals surface area contributed by atoms with Gasteiger partial charge in [0.2, 0.25) is 0 Å². The minimum Gasteiger partial charge on any atom is -0.466 e. The largest absolute Gasteiger partial charge is 0.466 e. The molecule has 0 saturated heterocycles. The van der Waals surface area contributed by atoms with Crippen molar-refractivity contribution in [3.8, 4) is 0 Å². The summed E-state index contributed by atoms with van der Waals surface area (Å²) in [5.74, 6) is -0.239. The van der Waals surface area contributed by atoms with Crippen molar-refractivity contribution < 1.29 is 14.3 Å². The maximum atomic E-state index is 13.1. The monoisotopic (exact) mass is 349 g/mol. The van der Waals surface area contributed by atoms with Crippen LogP contribution >= 0.6 is 0 Å². The molecule has 4 nitrogen and oxygen atoms in total. The zero-order valence-corrected chi connectivity index (χ0v) is 15.4. The molecule has 0 spiro atoms. The van der Waals surface area contributed by atoms with Gasteiger partial charge in [-0.1, -0.05) is 48.5 Å². The molecule has 1 aromatic heterocycles. The standard InChI is InChI=1S/C22H23NO3/c1-15(13-14-26-17(3)24)23-16(2)21(19-11-7-8-12-20(19)23)22(25)18-9-5-4-6-10-18/h4-12,15H,13-14H2,1-3H3. The van der Waals surface area contributed by atoms with E-state index in [9.17, 15) is 9.59 Å².